The molecule has 17 heavy (non-hydrogen) atoms. The van der Waals surface area contributed by atoms with Gasteiger partial charge in [-0.1, -0.05) is 13.8 Å². The molecule has 0 aromatic carbocycles. The summed E-state index contributed by atoms with van der Waals surface area (Å²) in [4.78, 5) is 17.9. The van der Waals surface area contributed by atoms with Gasteiger partial charge in [0.25, 0.3) is 5.91 Å². The van der Waals surface area contributed by atoms with Crippen molar-refractivity contribution in [2.75, 3.05) is 25.5 Å². The fourth-order valence-electron chi connectivity index (χ4n) is 1.66. The highest BCUT2D eigenvalue weighted by Crippen LogP contribution is 2.08. The number of nitrogens with zero attached hydrogens (tertiary/aromatic N) is 2. The van der Waals surface area contributed by atoms with Gasteiger partial charge in [0.2, 0.25) is 0 Å². The second-order valence-corrected chi connectivity index (χ2v) is 4.54. The highest BCUT2D eigenvalue weighted by atomic mass is 16.2. The van der Waals surface area contributed by atoms with Crippen molar-refractivity contribution in [3.05, 3.63) is 23.9 Å². The third-order valence-electron chi connectivity index (χ3n) is 2.35. The molecule has 4 nitrogen and oxygen atoms in total. The molecule has 0 aliphatic rings. The molecule has 1 aromatic heterocycles. The molecule has 0 radical (unpaired) electrons. The number of carbonyl (C=O) groups is 1. The number of carbonyl (C=O) groups excluding carboxylic acids is 1. The van der Waals surface area contributed by atoms with Gasteiger partial charge in [-0.05, 0) is 25.0 Å². The summed E-state index contributed by atoms with van der Waals surface area (Å²) in [5, 5.41) is 3.10. The maximum atomic E-state index is 12.0. The van der Waals surface area contributed by atoms with Crippen molar-refractivity contribution in [2.24, 2.45) is 5.92 Å². The molecule has 4 heteroatoms. The maximum Gasteiger partial charge on any atom is 0.255 e. The van der Waals surface area contributed by atoms with Gasteiger partial charge in [-0.25, -0.2) is 4.98 Å². The van der Waals surface area contributed by atoms with Crippen molar-refractivity contribution in [1.82, 2.24) is 9.88 Å². The summed E-state index contributed by atoms with van der Waals surface area (Å²) in [7, 11) is 1.82. The first-order valence-electron chi connectivity index (χ1n) is 6.00. The molecule has 0 fully saturated rings. The van der Waals surface area contributed by atoms with Crippen molar-refractivity contribution >= 4 is 11.7 Å². The van der Waals surface area contributed by atoms with Crippen LogP contribution < -0.4 is 5.32 Å². The van der Waals surface area contributed by atoms with Crippen LogP contribution in [-0.4, -0.2) is 35.9 Å². The van der Waals surface area contributed by atoms with Crippen LogP contribution in [0.3, 0.4) is 0 Å². The molecule has 1 heterocycles. The van der Waals surface area contributed by atoms with Crippen LogP contribution >= 0.6 is 0 Å². The Labute approximate surface area is 103 Å². The van der Waals surface area contributed by atoms with Gasteiger partial charge in [0.15, 0.2) is 0 Å². The van der Waals surface area contributed by atoms with Crippen molar-refractivity contribution in [2.45, 2.75) is 20.8 Å². The Morgan fingerprint density at radius 3 is 2.65 bits per heavy atom. The van der Waals surface area contributed by atoms with Gasteiger partial charge < -0.3 is 10.2 Å². The van der Waals surface area contributed by atoms with E-state index in [0.717, 1.165) is 18.9 Å². The van der Waals surface area contributed by atoms with Gasteiger partial charge in [0, 0.05) is 26.3 Å². The lowest BCUT2D eigenvalue weighted by molar-refractivity contribution is 0.0779. The van der Waals surface area contributed by atoms with Crippen molar-refractivity contribution in [3.8, 4) is 0 Å². The molecule has 0 aliphatic carbocycles. The predicted octanol–water partition coefficient (Wildman–Crippen LogP) is 2.24. The van der Waals surface area contributed by atoms with E-state index in [4.69, 9.17) is 0 Å². The molecule has 1 aromatic rings. The third kappa shape index (κ3) is 4.06. The minimum atomic E-state index is 0.0225. The molecule has 0 saturated carbocycles. The molecule has 1 amide bonds. The average molecular weight is 235 g/mol. The lowest BCUT2D eigenvalue weighted by atomic mass is 10.2. The molecule has 0 unspecified atom stereocenters. The van der Waals surface area contributed by atoms with Crippen molar-refractivity contribution in [1.29, 1.82) is 0 Å². The zero-order valence-corrected chi connectivity index (χ0v) is 11.0. The number of pyridine rings is 1. The Morgan fingerprint density at radius 1 is 1.47 bits per heavy atom. The first-order valence-corrected chi connectivity index (χ1v) is 6.00. The van der Waals surface area contributed by atoms with E-state index in [1.54, 1.807) is 11.1 Å². The minimum absolute atomic E-state index is 0.0225. The third-order valence-corrected chi connectivity index (χ3v) is 2.35. The SMILES string of the molecule is CCNc1ccc(C(=O)N(C)CC(C)C)cn1. The van der Waals surface area contributed by atoms with E-state index in [9.17, 15) is 4.79 Å². The van der Waals surface area contributed by atoms with E-state index in [1.807, 2.05) is 26.1 Å². The zero-order valence-electron chi connectivity index (χ0n) is 11.0. The molecule has 0 bridgehead atoms. The van der Waals surface area contributed by atoms with Crippen LogP contribution in [0.2, 0.25) is 0 Å². The summed E-state index contributed by atoms with van der Waals surface area (Å²) in [5.41, 5.74) is 0.634. The number of hydrogen-bond donors (Lipinski definition) is 1. The van der Waals surface area contributed by atoms with E-state index >= 15 is 0 Å². The number of rotatable bonds is 5. The fourth-order valence-corrected chi connectivity index (χ4v) is 1.66. The van der Waals surface area contributed by atoms with Crippen LogP contribution in [0, 0.1) is 5.92 Å². The Bertz CT molecular complexity index is 359. The first kappa shape index (κ1) is 13.5. The Hall–Kier alpha value is -1.58. The van der Waals surface area contributed by atoms with Gasteiger partial charge in [0.1, 0.15) is 5.82 Å². The summed E-state index contributed by atoms with van der Waals surface area (Å²) in [5.74, 6) is 1.29. The second kappa shape index (κ2) is 6.23. The van der Waals surface area contributed by atoms with Gasteiger partial charge in [-0.3, -0.25) is 4.79 Å². The van der Waals surface area contributed by atoms with Gasteiger partial charge >= 0.3 is 0 Å². The minimum Gasteiger partial charge on any atom is -0.370 e. The normalized spacial score (nSPS) is 10.4. The molecule has 1 rings (SSSR count). The molecular formula is C13H21N3O. The predicted molar refractivity (Wildman–Crippen MR) is 70.2 cm³/mol. The van der Waals surface area contributed by atoms with E-state index in [-0.39, 0.29) is 5.91 Å². The summed E-state index contributed by atoms with van der Waals surface area (Å²) >= 11 is 0. The quantitative estimate of drug-likeness (QED) is 0.851. The lowest BCUT2D eigenvalue weighted by Gasteiger charge is -2.19. The van der Waals surface area contributed by atoms with Crippen LogP contribution in [-0.2, 0) is 0 Å². The molecule has 0 spiro atoms. The van der Waals surface area contributed by atoms with Crippen LogP contribution in [0.15, 0.2) is 18.3 Å². The monoisotopic (exact) mass is 235 g/mol. The number of nitrogens with one attached hydrogen (secondary N) is 1. The number of amides is 1. The molecule has 1 N–H and O–H groups in total. The Balaban J connectivity index is 2.69. The molecule has 94 valence electrons. The highest BCUT2D eigenvalue weighted by Gasteiger charge is 2.12. The van der Waals surface area contributed by atoms with Crippen LogP contribution in [0.1, 0.15) is 31.1 Å². The van der Waals surface area contributed by atoms with Crippen LogP contribution in [0.5, 0.6) is 0 Å². The van der Waals surface area contributed by atoms with Crippen molar-refractivity contribution < 1.29 is 4.79 Å². The summed E-state index contributed by atoms with van der Waals surface area (Å²) < 4.78 is 0. The Morgan fingerprint density at radius 2 is 2.18 bits per heavy atom. The smallest absolute Gasteiger partial charge is 0.255 e. The zero-order chi connectivity index (χ0) is 12.8. The average Bonchev–Trinajstić information content (AvgIpc) is 2.28. The Kier molecular flexibility index (Phi) is 4.94. The lowest BCUT2D eigenvalue weighted by Crippen LogP contribution is -2.30. The molecule has 0 aliphatic heterocycles. The van der Waals surface area contributed by atoms with Gasteiger partial charge in [-0.15, -0.1) is 0 Å². The van der Waals surface area contributed by atoms with E-state index in [0.29, 0.717) is 11.5 Å². The number of hydrogen-bond acceptors (Lipinski definition) is 3. The molecule has 0 saturated heterocycles. The highest BCUT2D eigenvalue weighted by molar-refractivity contribution is 5.93. The van der Waals surface area contributed by atoms with Gasteiger partial charge in [0.05, 0.1) is 5.56 Å². The van der Waals surface area contributed by atoms with Crippen molar-refractivity contribution in [3.63, 3.8) is 0 Å². The first-order chi connectivity index (χ1) is 8.04. The summed E-state index contributed by atoms with van der Waals surface area (Å²) in [6.45, 7) is 7.78. The standard InChI is InChI=1S/C13H21N3O/c1-5-14-12-7-6-11(8-15-12)13(17)16(4)9-10(2)3/h6-8,10H,5,9H2,1-4H3,(H,14,15). The molecule has 0 atom stereocenters. The topological polar surface area (TPSA) is 45.2 Å². The molecular weight excluding hydrogens is 214 g/mol. The van der Waals surface area contributed by atoms with Gasteiger partial charge in [-0.2, -0.15) is 0 Å². The van der Waals surface area contributed by atoms with E-state index in [2.05, 4.69) is 24.1 Å². The summed E-state index contributed by atoms with van der Waals surface area (Å²) in [6.07, 6.45) is 1.62. The van der Waals surface area contributed by atoms with Crippen LogP contribution in [0.25, 0.3) is 0 Å². The largest absolute Gasteiger partial charge is 0.370 e. The number of aromatic nitrogens is 1. The summed E-state index contributed by atoms with van der Waals surface area (Å²) in [6, 6.07) is 3.64. The van der Waals surface area contributed by atoms with E-state index < -0.39 is 0 Å². The van der Waals surface area contributed by atoms with Crippen LogP contribution in [0.4, 0.5) is 5.82 Å². The van der Waals surface area contributed by atoms with E-state index in [1.165, 1.54) is 0 Å². The second-order valence-electron chi connectivity index (χ2n) is 4.54. The maximum absolute atomic E-state index is 12.0. The number of anilines is 1. The fraction of sp³-hybridized carbons (Fsp3) is 0.538.